The zero-order valence-corrected chi connectivity index (χ0v) is 19.2. The number of nitrogens with one attached hydrogen (secondary N) is 1. The van der Waals surface area contributed by atoms with Crippen LogP contribution in [0.5, 0.6) is 17.2 Å². The first-order valence-corrected chi connectivity index (χ1v) is 11.8. The molecule has 0 saturated heterocycles. The lowest BCUT2D eigenvalue weighted by Crippen LogP contribution is -2.51. The van der Waals surface area contributed by atoms with Crippen LogP contribution in [-0.2, 0) is 14.8 Å². The number of sulfonamides is 1. The number of benzene rings is 2. The number of carbonyl (C=O) groups is 1. The third-order valence-corrected chi connectivity index (χ3v) is 6.36. The van der Waals surface area contributed by atoms with E-state index < -0.39 is 16.1 Å². The van der Waals surface area contributed by atoms with Gasteiger partial charge in [-0.05, 0) is 48.7 Å². The molecule has 31 heavy (non-hydrogen) atoms. The fourth-order valence-corrected chi connectivity index (χ4v) is 4.47. The number of hydrogen-bond donors (Lipinski definition) is 1. The molecule has 1 amide bonds. The van der Waals surface area contributed by atoms with Crippen molar-refractivity contribution in [1.82, 2.24) is 5.32 Å². The van der Waals surface area contributed by atoms with E-state index in [2.05, 4.69) is 5.32 Å². The first-order valence-electron chi connectivity index (χ1n) is 9.95. The maximum absolute atomic E-state index is 13.1. The largest absolute Gasteiger partial charge is 0.493 e. The lowest BCUT2D eigenvalue weighted by atomic mass is 10.0. The van der Waals surface area contributed by atoms with E-state index in [1.54, 1.807) is 32.4 Å². The van der Waals surface area contributed by atoms with Crippen LogP contribution in [0, 0.1) is 6.92 Å². The lowest BCUT2D eigenvalue weighted by Gasteiger charge is -2.34. The standard InChI is InChI=1S/C22H28N2O6S/c1-6-16(15-8-10-19(28-3)20(12-15)29-4)23-22(25)21-13-24(31(5,26)27)17-11-14(2)7-9-18(17)30-21/h7-12,16,21H,6,13H2,1-5H3,(H,23,25)/t16-,21+/m0/s1. The van der Waals surface area contributed by atoms with Crippen molar-refractivity contribution in [1.29, 1.82) is 0 Å². The van der Waals surface area contributed by atoms with Gasteiger partial charge in [0, 0.05) is 0 Å². The second-order valence-electron chi connectivity index (χ2n) is 7.46. The van der Waals surface area contributed by atoms with E-state index in [-0.39, 0.29) is 18.5 Å². The Bertz CT molecular complexity index is 1070. The van der Waals surface area contributed by atoms with Crippen LogP contribution in [0.25, 0.3) is 0 Å². The van der Waals surface area contributed by atoms with E-state index in [0.717, 1.165) is 17.4 Å². The molecule has 0 unspecified atom stereocenters. The van der Waals surface area contributed by atoms with Crippen molar-refractivity contribution in [2.75, 3.05) is 31.3 Å². The first-order chi connectivity index (χ1) is 14.7. The fraction of sp³-hybridized carbons (Fsp3) is 0.409. The number of hydrogen-bond acceptors (Lipinski definition) is 6. The van der Waals surface area contributed by atoms with Crippen LogP contribution >= 0.6 is 0 Å². The highest BCUT2D eigenvalue weighted by atomic mass is 32.2. The minimum absolute atomic E-state index is 0.0938. The predicted molar refractivity (Wildman–Crippen MR) is 119 cm³/mol. The molecule has 1 aliphatic rings. The van der Waals surface area contributed by atoms with Gasteiger partial charge in [-0.1, -0.05) is 19.1 Å². The Morgan fingerprint density at radius 3 is 2.52 bits per heavy atom. The summed E-state index contributed by atoms with van der Waals surface area (Å²) >= 11 is 0. The van der Waals surface area contributed by atoms with Crippen molar-refractivity contribution < 1.29 is 27.4 Å². The van der Waals surface area contributed by atoms with Crippen LogP contribution < -0.4 is 23.8 Å². The summed E-state index contributed by atoms with van der Waals surface area (Å²) < 4.78 is 42.5. The molecule has 9 heteroatoms. The molecule has 1 heterocycles. The third-order valence-electron chi connectivity index (χ3n) is 5.21. The van der Waals surface area contributed by atoms with Crippen molar-refractivity contribution in [2.45, 2.75) is 32.4 Å². The van der Waals surface area contributed by atoms with Gasteiger partial charge in [-0.25, -0.2) is 8.42 Å². The minimum Gasteiger partial charge on any atom is -0.493 e. The van der Waals surface area contributed by atoms with Crippen molar-refractivity contribution in [2.24, 2.45) is 0 Å². The molecule has 2 atom stereocenters. The summed E-state index contributed by atoms with van der Waals surface area (Å²) in [6.07, 6.45) is 0.774. The summed E-state index contributed by atoms with van der Waals surface area (Å²) in [4.78, 5) is 13.1. The summed E-state index contributed by atoms with van der Waals surface area (Å²) in [6.45, 7) is 3.72. The van der Waals surface area contributed by atoms with E-state index in [1.807, 2.05) is 32.0 Å². The molecule has 0 bridgehead atoms. The van der Waals surface area contributed by atoms with Crippen molar-refractivity contribution in [3.8, 4) is 17.2 Å². The van der Waals surface area contributed by atoms with Crippen LogP contribution in [0.1, 0.15) is 30.5 Å². The number of nitrogens with zero attached hydrogens (tertiary/aromatic N) is 1. The summed E-state index contributed by atoms with van der Waals surface area (Å²) in [6, 6.07) is 10.4. The molecule has 0 saturated carbocycles. The highest BCUT2D eigenvalue weighted by Crippen LogP contribution is 2.36. The second-order valence-corrected chi connectivity index (χ2v) is 9.36. The molecule has 2 aromatic rings. The number of rotatable bonds is 7. The van der Waals surface area contributed by atoms with E-state index in [0.29, 0.717) is 29.4 Å². The monoisotopic (exact) mass is 448 g/mol. The molecule has 0 aromatic heterocycles. The van der Waals surface area contributed by atoms with Crippen LogP contribution in [0.15, 0.2) is 36.4 Å². The van der Waals surface area contributed by atoms with Gasteiger partial charge in [-0.15, -0.1) is 0 Å². The zero-order valence-electron chi connectivity index (χ0n) is 18.3. The number of methoxy groups -OCH3 is 2. The number of aryl methyl sites for hydroxylation is 1. The molecule has 3 rings (SSSR count). The van der Waals surface area contributed by atoms with E-state index in [9.17, 15) is 13.2 Å². The van der Waals surface area contributed by atoms with Gasteiger partial charge in [0.1, 0.15) is 5.75 Å². The molecule has 1 N–H and O–H groups in total. The summed E-state index contributed by atoms with van der Waals surface area (Å²) in [5, 5.41) is 2.97. The normalized spacial score (nSPS) is 16.7. The topological polar surface area (TPSA) is 94.2 Å². The highest BCUT2D eigenvalue weighted by molar-refractivity contribution is 7.92. The molecule has 8 nitrogen and oxygen atoms in total. The van der Waals surface area contributed by atoms with Crippen molar-refractivity contribution >= 4 is 21.6 Å². The Morgan fingerprint density at radius 2 is 1.90 bits per heavy atom. The Balaban J connectivity index is 1.84. The Labute approximate surface area is 183 Å². The maximum Gasteiger partial charge on any atom is 0.263 e. The summed E-state index contributed by atoms with van der Waals surface area (Å²) in [5.41, 5.74) is 2.19. The quantitative estimate of drug-likeness (QED) is 0.700. The fourth-order valence-electron chi connectivity index (χ4n) is 3.57. The number of fused-ring (bicyclic) bond motifs is 1. The van der Waals surface area contributed by atoms with Crippen LogP contribution in [-0.4, -0.2) is 47.4 Å². The molecule has 0 radical (unpaired) electrons. The predicted octanol–water partition coefficient (Wildman–Crippen LogP) is 2.81. The lowest BCUT2D eigenvalue weighted by molar-refractivity contribution is -0.128. The molecule has 168 valence electrons. The van der Waals surface area contributed by atoms with Crippen LogP contribution in [0.2, 0.25) is 0 Å². The van der Waals surface area contributed by atoms with Crippen molar-refractivity contribution in [3.63, 3.8) is 0 Å². The summed E-state index contributed by atoms with van der Waals surface area (Å²) in [5.74, 6) is 1.14. The van der Waals surface area contributed by atoms with Crippen molar-refractivity contribution in [3.05, 3.63) is 47.5 Å². The summed E-state index contributed by atoms with van der Waals surface area (Å²) in [7, 11) is -0.472. The molecular weight excluding hydrogens is 420 g/mol. The number of anilines is 1. The molecule has 1 aliphatic heterocycles. The SMILES string of the molecule is CC[C@H](NC(=O)[C@H]1CN(S(C)(=O)=O)c2cc(C)ccc2O1)c1ccc(OC)c(OC)c1. The average molecular weight is 449 g/mol. The Kier molecular flexibility index (Phi) is 6.64. The molecule has 2 aromatic carbocycles. The molecule has 0 fully saturated rings. The number of ether oxygens (including phenoxy) is 3. The molecular formula is C22H28N2O6S. The van der Waals surface area contributed by atoms with Crippen LogP contribution in [0.4, 0.5) is 5.69 Å². The molecule has 0 spiro atoms. The number of amides is 1. The minimum atomic E-state index is -3.58. The first kappa shape index (κ1) is 22.7. The van der Waals surface area contributed by atoms with Gasteiger partial charge in [-0.3, -0.25) is 9.10 Å². The van der Waals surface area contributed by atoms with E-state index in [1.165, 1.54) is 4.31 Å². The van der Waals surface area contributed by atoms with Gasteiger partial charge in [0.15, 0.2) is 17.6 Å². The second kappa shape index (κ2) is 9.05. The maximum atomic E-state index is 13.1. The zero-order chi connectivity index (χ0) is 22.8. The van der Waals surface area contributed by atoms with E-state index >= 15 is 0 Å². The third kappa shape index (κ3) is 4.87. The van der Waals surface area contributed by atoms with Gasteiger partial charge in [0.25, 0.3) is 5.91 Å². The number of carbonyl (C=O) groups excluding carboxylic acids is 1. The Morgan fingerprint density at radius 1 is 1.19 bits per heavy atom. The molecule has 0 aliphatic carbocycles. The van der Waals surface area contributed by atoms with Gasteiger partial charge in [0.05, 0.1) is 38.7 Å². The van der Waals surface area contributed by atoms with Gasteiger partial charge >= 0.3 is 0 Å². The smallest absolute Gasteiger partial charge is 0.263 e. The highest BCUT2D eigenvalue weighted by Gasteiger charge is 2.35. The van der Waals surface area contributed by atoms with E-state index in [4.69, 9.17) is 14.2 Å². The average Bonchev–Trinajstić information content (AvgIpc) is 2.75. The Hall–Kier alpha value is -2.94. The van der Waals surface area contributed by atoms with Crippen LogP contribution in [0.3, 0.4) is 0 Å². The van der Waals surface area contributed by atoms with Gasteiger partial charge in [-0.2, -0.15) is 0 Å². The van der Waals surface area contributed by atoms with Gasteiger partial charge < -0.3 is 19.5 Å². The van der Waals surface area contributed by atoms with Gasteiger partial charge in [0.2, 0.25) is 10.0 Å².